The molecule has 1 aliphatic rings. The quantitative estimate of drug-likeness (QED) is 0.880. The van der Waals surface area contributed by atoms with Crippen molar-refractivity contribution in [2.75, 3.05) is 6.54 Å². The van der Waals surface area contributed by atoms with E-state index in [1.807, 2.05) is 0 Å². The largest absolute Gasteiger partial charge is 0.339 e. The van der Waals surface area contributed by atoms with E-state index >= 15 is 0 Å². The fraction of sp³-hybridized carbons (Fsp3) is 0.867. The minimum absolute atomic E-state index is 0.332. The molecule has 1 heterocycles. The standard InChI is InChI=1S/C15H27N3O/c1-12(8-7-11-16)15-17-14(18-19-15)13-9-5-3-2-4-6-10-13/h12-13H,2-11,16H2,1H3. The van der Waals surface area contributed by atoms with E-state index in [2.05, 4.69) is 17.1 Å². The molecule has 1 saturated carbocycles. The highest BCUT2D eigenvalue weighted by Crippen LogP contribution is 2.30. The van der Waals surface area contributed by atoms with Gasteiger partial charge in [0.1, 0.15) is 0 Å². The maximum atomic E-state index is 5.54. The zero-order valence-electron chi connectivity index (χ0n) is 12.1. The van der Waals surface area contributed by atoms with Crippen LogP contribution in [0.2, 0.25) is 0 Å². The highest BCUT2D eigenvalue weighted by molar-refractivity contribution is 4.98. The van der Waals surface area contributed by atoms with Gasteiger partial charge >= 0.3 is 0 Å². The van der Waals surface area contributed by atoms with Crippen molar-refractivity contribution in [3.05, 3.63) is 11.7 Å². The van der Waals surface area contributed by atoms with E-state index < -0.39 is 0 Å². The Morgan fingerprint density at radius 3 is 2.58 bits per heavy atom. The van der Waals surface area contributed by atoms with E-state index in [1.54, 1.807) is 0 Å². The smallest absolute Gasteiger partial charge is 0.229 e. The Morgan fingerprint density at radius 2 is 1.89 bits per heavy atom. The molecule has 1 atom stereocenters. The van der Waals surface area contributed by atoms with Gasteiger partial charge < -0.3 is 10.3 Å². The van der Waals surface area contributed by atoms with Crippen LogP contribution < -0.4 is 5.73 Å². The minimum Gasteiger partial charge on any atom is -0.339 e. The van der Waals surface area contributed by atoms with Gasteiger partial charge in [-0.15, -0.1) is 0 Å². The zero-order chi connectivity index (χ0) is 13.5. The lowest BCUT2D eigenvalue weighted by molar-refractivity contribution is 0.341. The van der Waals surface area contributed by atoms with Crippen LogP contribution in [0.3, 0.4) is 0 Å². The molecular formula is C15H27N3O. The average molecular weight is 265 g/mol. The van der Waals surface area contributed by atoms with Crippen LogP contribution in [0.1, 0.15) is 88.3 Å². The summed E-state index contributed by atoms with van der Waals surface area (Å²) in [6, 6.07) is 0. The third kappa shape index (κ3) is 4.30. The summed E-state index contributed by atoms with van der Waals surface area (Å²) in [5.74, 6) is 2.58. The predicted molar refractivity (Wildman–Crippen MR) is 76.1 cm³/mol. The predicted octanol–water partition coefficient (Wildman–Crippen LogP) is 3.74. The summed E-state index contributed by atoms with van der Waals surface area (Å²) in [5, 5.41) is 4.22. The SMILES string of the molecule is CC(CCCN)c1nc(C2CCCCCCC2)no1. The highest BCUT2D eigenvalue weighted by atomic mass is 16.5. The third-order valence-corrected chi connectivity index (χ3v) is 4.19. The molecule has 1 aromatic rings. The van der Waals surface area contributed by atoms with Crippen LogP contribution in [-0.4, -0.2) is 16.7 Å². The van der Waals surface area contributed by atoms with Crippen molar-refractivity contribution in [1.29, 1.82) is 0 Å². The number of nitrogens with two attached hydrogens (primary N) is 1. The minimum atomic E-state index is 0.332. The molecule has 1 aromatic heterocycles. The molecule has 1 unspecified atom stereocenters. The molecule has 0 aromatic carbocycles. The van der Waals surface area contributed by atoms with Crippen LogP contribution in [0, 0.1) is 0 Å². The van der Waals surface area contributed by atoms with Crippen molar-refractivity contribution in [3.63, 3.8) is 0 Å². The Morgan fingerprint density at radius 1 is 1.21 bits per heavy atom. The summed E-state index contributed by atoms with van der Waals surface area (Å²) < 4.78 is 5.45. The fourth-order valence-corrected chi connectivity index (χ4v) is 2.88. The van der Waals surface area contributed by atoms with Gasteiger partial charge in [0.15, 0.2) is 5.82 Å². The molecule has 0 spiro atoms. The Hall–Kier alpha value is -0.900. The molecule has 2 N–H and O–H groups in total. The topological polar surface area (TPSA) is 64.9 Å². The second-order valence-corrected chi connectivity index (χ2v) is 5.86. The highest BCUT2D eigenvalue weighted by Gasteiger charge is 2.21. The first kappa shape index (κ1) is 14.5. The van der Waals surface area contributed by atoms with Gasteiger partial charge in [-0.25, -0.2) is 0 Å². The molecule has 0 aliphatic heterocycles. The van der Waals surface area contributed by atoms with Crippen LogP contribution in [0.4, 0.5) is 0 Å². The monoisotopic (exact) mass is 265 g/mol. The lowest BCUT2D eigenvalue weighted by atomic mass is 9.91. The van der Waals surface area contributed by atoms with E-state index in [-0.39, 0.29) is 0 Å². The lowest BCUT2D eigenvalue weighted by Gasteiger charge is -2.15. The van der Waals surface area contributed by atoms with Crippen molar-refractivity contribution >= 4 is 0 Å². The Bertz CT molecular complexity index is 356. The zero-order valence-corrected chi connectivity index (χ0v) is 12.1. The maximum Gasteiger partial charge on any atom is 0.229 e. The molecule has 2 rings (SSSR count). The number of rotatable bonds is 5. The number of hydrogen-bond acceptors (Lipinski definition) is 4. The maximum absolute atomic E-state index is 5.54. The lowest BCUT2D eigenvalue weighted by Crippen LogP contribution is -2.05. The van der Waals surface area contributed by atoms with Gasteiger partial charge in [0, 0.05) is 11.8 Å². The van der Waals surface area contributed by atoms with E-state index in [4.69, 9.17) is 10.3 Å². The van der Waals surface area contributed by atoms with Crippen molar-refractivity contribution in [1.82, 2.24) is 10.1 Å². The van der Waals surface area contributed by atoms with Crippen LogP contribution in [-0.2, 0) is 0 Å². The fourth-order valence-electron chi connectivity index (χ4n) is 2.88. The van der Waals surface area contributed by atoms with Crippen LogP contribution in [0.5, 0.6) is 0 Å². The first-order chi connectivity index (χ1) is 9.31. The molecule has 1 fully saturated rings. The first-order valence-electron chi connectivity index (χ1n) is 7.85. The number of nitrogens with zero attached hydrogens (tertiary/aromatic N) is 2. The number of aromatic nitrogens is 2. The Kier molecular flexibility index (Phi) is 5.83. The van der Waals surface area contributed by atoms with E-state index in [9.17, 15) is 0 Å². The molecule has 4 nitrogen and oxygen atoms in total. The molecule has 4 heteroatoms. The van der Waals surface area contributed by atoms with Crippen LogP contribution >= 0.6 is 0 Å². The summed E-state index contributed by atoms with van der Waals surface area (Å²) in [4.78, 5) is 4.64. The normalized spacial score (nSPS) is 19.9. The first-order valence-corrected chi connectivity index (χ1v) is 7.85. The Labute approximate surface area is 116 Å². The molecular weight excluding hydrogens is 238 g/mol. The van der Waals surface area contributed by atoms with Gasteiger partial charge in [-0.05, 0) is 32.2 Å². The van der Waals surface area contributed by atoms with E-state index in [1.165, 1.54) is 44.9 Å². The van der Waals surface area contributed by atoms with Crippen molar-refractivity contribution in [2.45, 2.75) is 76.5 Å². The summed E-state index contributed by atoms with van der Waals surface area (Å²) in [5.41, 5.74) is 5.54. The van der Waals surface area contributed by atoms with Gasteiger partial charge in [-0.2, -0.15) is 4.98 Å². The molecule has 19 heavy (non-hydrogen) atoms. The van der Waals surface area contributed by atoms with E-state index in [0.717, 1.165) is 31.1 Å². The second kappa shape index (κ2) is 7.63. The summed E-state index contributed by atoms with van der Waals surface area (Å²) in [6.45, 7) is 2.87. The summed E-state index contributed by atoms with van der Waals surface area (Å²) in [6.07, 6.45) is 11.2. The number of hydrogen-bond donors (Lipinski definition) is 1. The average Bonchev–Trinajstić information content (AvgIpc) is 2.85. The molecule has 108 valence electrons. The van der Waals surface area contributed by atoms with Crippen LogP contribution in [0.15, 0.2) is 4.52 Å². The summed E-state index contributed by atoms with van der Waals surface area (Å²) >= 11 is 0. The van der Waals surface area contributed by atoms with Crippen LogP contribution in [0.25, 0.3) is 0 Å². The Balaban J connectivity index is 1.94. The van der Waals surface area contributed by atoms with Gasteiger partial charge in [-0.1, -0.05) is 44.2 Å². The van der Waals surface area contributed by atoms with Gasteiger partial charge in [0.25, 0.3) is 0 Å². The summed E-state index contributed by atoms with van der Waals surface area (Å²) in [7, 11) is 0. The van der Waals surface area contributed by atoms with Gasteiger partial charge in [0.2, 0.25) is 5.89 Å². The molecule has 0 bridgehead atoms. The van der Waals surface area contributed by atoms with Crippen molar-refractivity contribution in [2.24, 2.45) is 5.73 Å². The molecule has 0 radical (unpaired) electrons. The van der Waals surface area contributed by atoms with Gasteiger partial charge in [0.05, 0.1) is 0 Å². The van der Waals surface area contributed by atoms with E-state index in [0.29, 0.717) is 11.8 Å². The molecule has 0 saturated heterocycles. The van der Waals surface area contributed by atoms with Crippen molar-refractivity contribution < 1.29 is 4.52 Å². The second-order valence-electron chi connectivity index (χ2n) is 5.86. The molecule has 0 amide bonds. The third-order valence-electron chi connectivity index (χ3n) is 4.19. The van der Waals surface area contributed by atoms with Gasteiger partial charge in [-0.3, -0.25) is 0 Å². The van der Waals surface area contributed by atoms with Crippen molar-refractivity contribution in [3.8, 4) is 0 Å². The molecule has 1 aliphatic carbocycles.